The van der Waals surface area contributed by atoms with Gasteiger partial charge in [0.15, 0.2) is 0 Å². The maximum Gasteiger partial charge on any atom is 0.255 e. The number of rotatable bonds is 4. The molecule has 2 aliphatic rings. The van der Waals surface area contributed by atoms with Gasteiger partial charge in [0.05, 0.1) is 23.7 Å². The topological polar surface area (TPSA) is 70.2 Å². The smallest absolute Gasteiger partial charge is 0.255 e. The molecule has 0 aromatic heterocycles. The van der Waals surface area contributed by atoms with Crippen molar-refractivity contribution in [1.29, 1.82) is 0 Å². The van der Waals surface area contributed by atoms with Gasteiger partial charge < -0.3 is 14.5 Å². The van der Waals surface area contributed by atoms with Crippen molar-refractivity contribution in [2.24, 2.45) is 0 Å². The molecule has 4 rings (SSSR count). The molecule has 2 aromatic carbocycles. The Kier molecular flexibility index (Phi) is 6.29. The molecule has 2 heterocycles. The van der Waals surface area contributed by atoms with Crippen LogP contribution in [0, 0.1) is 0 Å². The third-order valence-electron chi connectivity index (χ3n) is 5.46. The number of amides is 1. The van der Waals surface area contributed by atoms with Crippen molar-refractivity contribution in [2.75, 3.05) is 57.4 Å². The minimum atomic E-state index is -3.75. The minimum absolute atomic E-state index is 0.0667. The molecule has 1 amide bonds. The summed E-state index contributed by atoms with van der Waals surface area (Å²) in [5, 5.41) is 0.686. The van der Waals surface area contributed by atoms with Crippen molar-refractivity contribution < 1.29 is 17.9 Å². The number of carbonyl (C=O) groups excluding carboxylic acids is 1. The molecule has 0 aliphatic carbocycles. The molecule has 0 N–H and O–H groups in total. The Hall–Kier alpha value is -2.13. The van der Waals surface area contributed by atoms with Crippen LogP contribution in [0.15, 0.2) is 53.4 Å². The first-order valence-electron chi connectivity index (χ1n) is 9.93. The molecule has 0 atom stereocenters. The zero-order valence-electron chi connectivity index (χ0n) is 16.5. The third kappa shape index (κ3) is 4.32. The van der Waals surface area contributed by atoms with Crippen LogP contribution in [0.25, 0.3) is 0 Å². The van der Waals surface area contributed by atoms with Gasteiger partial charge in [-0.25, -0.2) is 8.42 Å². The highest BCUT2D eigenvalue weighted by molar-refractivity contribution is 7.89. The Morgan fingerprint density at radius 2 is 1.50 bits per heavy atom. The Balaban J connectivity index is 1.50. The average Bonchev–Trinajstić information content (AvgIpc) is 2.80. The molecule has 160 valence electrons. The zero-order valence-corrected chi connectivity index (χ0v) is 18.1. The first kappa shape index (κ1) is 21.1. The van der Waals surface area contributed by atoms with Crippen molar-refractivity contribution >= 4 is 33.2 Å². The molecule has 0 saturated carbocycles. The van der Waals surface area contributed by atoms with Crippen LogP contribution in [-0.4, -0.2) is 76.0 Å². The van der Waals surface area contributed by atoms with E-state index in [0.29, 0.717) is 57.5 Å². The van der Waals surface area contributed by atoms with E-state index < -0.39 is 10.0 Å². The second-order valence-electron chi connectivity index (χ2n) is 7.27. The molecule has 2 saturated heterocycles. The largest absolute Gasteiger partial charge is 0.379 e. The van der Waals surface area contributed by atoms with Crippen molar-refractivity contribution in [1.82, 2.24) is 9.21 Å². The highest BCUT2D eigenvalue weighted by atomic mass is 35.5. The van der Waals surface area contributed by atoms with E-state index in [1.54, 1.807) is 23.1 Å². The second-order valence-corrected chi connectivity index (χ2v) is 9.61. The van der Waals surface area contributed by atoms with Crippen LogP contribution < -0.4 is 4.90 Å². The molecular weight excluding hydrogens is 426 g/mol. The summed E-state index contributed by atoms with van der Waals surface area (Å²) < 4.78 is 32.9. The number of hydrogen-bond acceptors (Lipinski definition) is 5. The quantitative estimate of drug-likeness (QED) is 0.716. The van der Waals surface area contributed by atoms with Gasteiger partial charge in [-0.2, -0.15) is 4.31 Å². The monoisotopic (exact) mass is 449 g/mol. The maximum absolute atomic E-state index is 13.2. The number of hydrogen-bond donors (Lipinski definition) is 0. The molecule has 30 heavy (non-hydrogen) atoms. The van der Waals surface area contributed by atoms with Crippen LogP contribution in [0.5, 0.6) is 0 Å². The number of benzene rings is 2. The van der Waals surface area contributed by atoms with Crippen LogP contribution in [0.1, 0.15) is 10.4 Å². The predicted molar refractivity (Wildman–Crippen MR) is 116 cm³/mol. The molecule has 7 nitrogen and oxygen atoms in total. The van der Waals surface area contributed by atoms with E-state index in [-0.39, 0.29) is 16.4 Å². The summed E-state index contributed by atoms with van der Waals surface area (Å²) in [6.45, 7) is 3.71. The van der Waals surface area contributed by atoms with E-state index >= 15 is 0 Å². The lowest BCUT2D eigenvalue weighted by molar-refractivity contribution is 0.0722. The van der Waals surface area contributed by atoms with Gasteiger partial charge in [0.2, 0.25) is 10.0 Å². The van der Waals surface area contributed by atoms with E-state index in [9.17, 15) is 13.2 Å². The number of halogens is 1. The van der Waals surface area contributed by atoms with Gasteiger partial charge in [-0.15, -0.1) is 0 Å². The summed E-state index contributed by atoms with van der Waals surface area (Å²) in [6, 6.07) is 14.1. The number of carbonyl (C=O) groups is 1. The lowest BCUT2D eigenvalue weighted by Gasteiger charge is -2.36. The summed E-state index contributed by atoms with van der Waals surface area (Å²) in [4.78, 5) is 17.2. The van der Waals surface area contributed by atoms with Crippen LogP contribution in [0.2, 0.25) is 5.02 Å². The Morgan fingerprint density at radius 1 is 0.867 bits per heavy atom. The fourth-order valence-electron chi connectivity index (χ4n) is 3.78. The lowest BCUT2D eigenvalue weighted by Crippen LogP contribution is -2.49. The molecule has 0 radical (unpaired) electrons. The van der Waals surface area contributed by atoms with Gasteiger partial charge in [0.25, 0.3) is 5.91 Å². The molecular formula is C21H24ClN3O4S. The van der Waals surface area contributed by atoms with Gasteiger partial charge in [-0.05, 0) is 36.4 Å². The van der Waals surface area contributed by atoms with Gasteiger partial charge in [-0.1, -0.05) is 23.7 Å². The fourth-order valence-corrected chi connectivity index (χ4v) is 5.50. The Morgan fingerprint density at radius 3 is 2.17 bits per heavy atom. The summed E-state index contributed by atoms with van der Waals surface area (Å²) in [7, 11) is -3.75. The normalized spacial score (nSPS) is 18.4. The Bertz CT molecular complexity index is 999. The molecule has 2 fully saturated rings. The number of anilines is 1. The highest BCUT2D eigenvalue weighted by Crippen LogP contribution is 2.24. The van der Waals surface area contributed by atoms with Crippen LogP contribution in [-0.2, 0) is 14.8 Å². The summed E-state index contributed by atoms with van der Waals surface area (Å²) >= 11 is 5.96. The zero-order chi connectivity index (χ0) is 21.1. The minimum Gasteiger partial charge on any atom is -0.379 e. The van der Waals surface area contributed by atoms with Crippen LogP contribution in [0.3, 0.4) is 0 Å². The van der Waals surface area contributed by atoms with Gasteiger partial charge >= 0.3 is 0 Å². The number of ether oxygens (including phenoxy) is 1. The lowest BCUT2D eigenvalue weighted by atomic mass is 10.1. The standard InChI is InChI=1S/C21H24ClN3O4S/c22-17-5-7-18(8-6-17)23-9-11-24(12-10-23)21(26)19-3-1-2-4-20(19)30(27,28)25-13-15-29-16-14-25/h1-8H,9-16H2. The van der Waals surface area contributed by atoms with Crippen LogP contribution >= 0.6 is 11.6 Å². The maximum atomic E-state index is 13.2. The summed E-state index contributed by atoms with van der Waals surface area (Å²) in [6.07, 6.45) is 0. The van der Waals surface area contributed by atoms with Crippen molar-refractivity contribution in [3.8, 4) is 0 Å². The van der Waals surface area contributed by atoms with Gasteiger partial charge in [-0.3, -0.25) is 4.79 Å². The third-order valence-corrected chi connectivity index (χ3v) is 7.67. The molecule has 0 spiro atoms. The predicted octanol–water partition coefficient (Wildman–Crippen LogP) is 2.32. The molecule has 9 heteroatoms. The average molecular weight is 450 g/mol. The first-order chi connectivity index (χ1) is 14.5. The number of piperazine rings is 1. The van der Waals surface area contributed by atoms with E-state index in [1.807, 2.05) is 24.3 Å². The molecule has 0 unspecified atom stereocenters. The van der Waals surface area contributed by atoms with Gasteiger partial charge in [0.1, 0.15) is 0 Å². The molecule has 0 bridgehead atoms. The molecule has 2 aromatic rings. The number of morpholine rings is 1. The van der Waals surface area contributed by atoms with Crippen molar-refractivity contribution in [2.45, 2.75) is 4.90 Å². The van der Waals surface area contributed by atoms with Crippen LogP contribution in [0.4, 0.5) is 5.69 Å². The van der Waals surface area contributed by atoms with E-state index in [4.69, 9.17) is 16.3 Å². The summed E-state index contributed by atoms with van der Waals surface area (Å²) in [5.41, 5.74) is 1.28. The SMILES string of the molecule is O=C(c1ccccc1S(=O)(=O)N1CCOCC1)N1CCN(c2ccc(Cl)cc2)CC1. The highest BCUT2D eigenvalue weighted by Gasteiger charge is 2.32. The van der Waals surface area contributed by atoms with E-state index in [1.165, 1.54) is 10.4 Å². The molecule has 2 aliphatic heterocycles. The summed E-state index contributed by atoms with van der Waals surface area (Å²) in [5.74, 6) is -0.252. The van der Waals surface area contributed by atoms with E-state index in [0.717, 1.165) is 5.69 Å². The van der Waals surface area contributed by atoms with Gasteiger partial charge in [0, 0.05) is 50.0 Å². The number of nitrogens with zero attached hydrogens (tertiary/aromatic N) is 3. The fraction of sp³-hybridized carbons (Fsp3) is 0.381. The van der Waals surface area contributed by atoms with Crippen molar-refractivity contribution in [3.05, 3.63) is 59.1 Å². The Labute approximate surface area is 181 Å². The van der Waals surface area contributed by atoms with E-state index in [2.05, 4.69) is 4.90 Å². The first-order valence-corrected chi connectivity index (χ1v) is 11.8. The van der Waals surface area contributed by atoms with Crippen molar-refractivity contribution in [3.63, 3.8) is 0 Å². The second kappa shape index (κ2) is 8.93. The number of sulfonamides is 1.